The van der Waals surface area contributed by atoms with E-state index in [2.05, 4.69) is 17.2 Å². The average Bonchev–Trinajstić information content (AvgIpc) is 2.41. The number of nitrogen functional groups attached to an aromatic ring is 1. The minimum atomic E-state index is 0.163. The van der Waals surface area contributed by atoms with Crippen molar-refractivity contribution in [2.24, 2.45) is 0 Å². The van der Waals surface area contributed by atoms with Crippen molar-refractivity contribution in [2.75, 3.05) is 12.3 Å². The molecule has 0 fully saturated rings. The molecular weight excluding hydrogens is 293 g/mol. The van der Waals surface area contributed by atoms with Crippen LogP contribution in [0.2, 0.25) is 10.0 Å². The van der Waals surface area contributed by atoms with Crippen molar-refractivity contribution < 1.29 is 0 Å². The Morgan fingerprint density at radius 3 is 2.65 bits per heavy atom. The van der Waals surface area contributed by atoms with Crippen molar-refractivity contribution in [3.8, 4) is 0 Å². The number of rotatable bonds is 5. The average molecular weight is 310 g/mol. The first-order chi connectivity index (χ1) is 9.60. The Balaban J connectivity index is 2.24. The number of hydrogen-bond acceptors (Lipinski definition) is 3. The van der Waals surface area contributed by atoms with Crippen molar-refractivity contribution in [2.45, 2.75) is 19.4 Å². The number of halogens is 2. The highest BCUT2D eigenvalue weighted by Crippen LogP contribution is 2.27. The third kappa shape index (κ3) is 3.85. The largest absolute Gasteiger partial charge is 0.384 e. The van der Waals surface area contributed by atoms with Crippen molar-refractivity contribution in [3.05, 3.63) is 57.7 Å². The van der Waals surface area contributed by atoms with Gasteiger partial charge in [0, 0.05) is 12.2 Å². The van der Waals surface area contributed by atoms with Crippen LogP contribution in [0.15, 0.2) is 36.5 Å². The van der Waals surface area contributed by atoms with E-state index in [1.165, 1.54) is 0 Å². The Hall–Kier alpha value is -1.29. The molecule has 1 aromatic heterocycles. The van der Waals surface area contributed by atoms with Gasteiger partial charge in [0.15, 0.2) is 0 Å². The second-order valence-electron chi connectivity index (χ2n) is 4.58. The fourth-order valence-electron chi connectivity index (χ4n) is 2.14. The van der Waals surface area contributed by atoms with Crippen LogP contribution in [0.25, 0.3) is 0 Å². The van der Waals surface area contributed by atoms with E-state index >= 15 is 0 Å². The van der Waals surface area contributed by atoms with E-state index in [1.807, 2.05) is 30.3 Å². The first-order valence-electron chi connectivity index (χ1n) is 6.49. The second kappa shape index (κ2) is 6.93. The van der Waals surface area contributed by atoms with Crippen LogP contribution in [0.1, 0.15) is 24.1 Å². The molecule has 1 unspecified atom stereocenters. The van der Waals surface area contributed by atoms with Crippen molar-refractivity contribution in [1.29, 1.82) is 0 Å². The fourth-order valence-corrected chi connectivity index (χ4v) is 2.45. The molecule has 0 aliphatic rings. The van der Waals surface area contributed by atoms with Gasteiger partial charge in [0.2, 0.25) is 0 Å². The zero-order valence-corrected chi connectivity index (χ0v) is 12.7. The molecule has 3 N–H and O–H groups in total. The molecule has 0 aliphatic carbocycles. The first-order valence-corrected chi connectivity index (χ1v) is 7.24. The van der Waals surface area contributed by atoms with Gasteiger partial charge in [0.1, 0.15) is 5.82 Å². The number of hydrogen-bond donors (Lipinski definition) is 2. The lowest BCUT2D eigenvalue weighted by Crippen LogP contribution is -2.23. The molecule has 5 heteroatoms. The van der Waals surface area contributed by atoms with Gasteiger partial charge in [-0.2, -0.15) is 0 Å². The van der Waals surface area contributed by atoms with E-state index in [1.54, 1.807) is 6.20 Å². The van der Waals surface area contributed by atoms with Gasteiger partial charge in [-0.3, -0.25) is 0 Å². The molecular formula is C15H17Cl2N3. The summed E-state index contributed by atoms with van der Waals surface area (Å²) >= 11 is 12.1. The number of aromatic nitrogens is 1. The summed E-state index contributed by atoms with van der Waals surface area (Å²) in [4.78, 5) is 4.01. The third-order valence-corrected chi connectivity index (χ3v) is 3.82. The Morgan fingerprint density at radius 1 is 1.20 bits per heavy atom. The lowest BCUT2D eigenvalue weighted by Gasteiger charge is -2.19. The van der Waals surface area contributed by atoms with Gasteiger partial charge in [-0.1, -0.05) is 36.2 Å². The maximum Gasteiger partial charge on any atom is 0.123 e. The molecule has 1 atom stereocenters. The van der Waals surface area contributed by atoms with Crippen LogP contribution in [-0.4, -0.2) is 11.5 Å². The normalized spacial score (nSPS) is 12.3. The Labute approximate surface area is 129 Å². The van der Waals surface area contributed by atoms with Crippen LogP contribution in [0.4, 0.5) is 5.82 Å². The van der Waals surface area contributed by atoms with Gasteiger partial charge < -0.3 is 11.1 Å². The van der Waals surface area contributed by atoms with E-state index in [9.17, 15) is 0 Å². The summed E-state index contributed by atoms with van der Waals surface area (Å²) in [5.41, 5.74) is 7.96. The van der Waals surface area contributed by atoms with E-state index in [-0.39, 0.29) is 6.04 Å². The molecule has 0 saturated carbocycles. The molecule has 3 nitrogen and oxygen atoms in total. The van der Waals surface area contributed by atoms with Crippen LogP contribution in [-0.2, 0) is 6.42 Å². The van der Waals surface area contributed by atoms with Crippen LogP contribution in [0, 0.1) is 0 Å². The van der Waals surface area contributed by atoms with Crippen molar-refractivity contribution in [3.63, 3.8) is 0 Å². The second-order valence-corrected chi connectivity index (χ2v) is 5.39. The number of nitrogens with one attached hydrogen (secondary N) is 1. The van der Waals surface area contributed by atoms with Crippen molar-refractivity contribution >= 4 is 29.0 Å². The molecule has 0 saturated heterocycles. The zero-order valence-electron chi connectivity index (χ0n) is 11.2. The molecule has 0 bridgehead atoms. The summed E-state index contributed by atoms with van der Waals surface area (Å²) in [5, 5.41) is 4.59. The topological polar surface area (TPSA) is 50.9 Å². The third-order valence-electron chi connectivity index (χ3n) is 3.08. The number of nitrogens with zero attached hydrogens (tertiary/aromatic N) is 1. The highest BCUT2D eigenvalue weighted by molar-refractivity contribution is 6.42. The van der Waals surface area contributed by atoms with Crippen LogP contribution in [0.3, 0.4) is 0 Å². The number of benzene rings is 1. The summed E-state index contributed by atoms with van der Waals surface area (Å²) in [6.07, 6.45) is 2.54. The van der Waals surface area contributed by atoms with Crippen LogP contribution < -0.4 is 11.1 Å². The minimum absolute atomic E-state index is 0.163. The van der Waals surface area contributed by atoms with Crippen molar-refractivity contribution in [1.82, 2.24) is 10.3 Å². The molecule has 0 aliphatic heterocycles. The predicted molar refractivity (Wildman–Crippen MR) is 85.2 cm³/mol. The molecule has 106 valence electrons. The van der Waals surface area contributed by atoms with Gasteiger partial charge in [-0.15, -0.1) is 0 Å². The summed E-state index contributed by atoms with van der Waals surface area (Å²) in [7, 11) is 0. The monoisotopic (exact) mass is 309 g/mol. The molecule has 0 spiro atoms. The smallest absolute Gasteiger partial charge is 0.123 e. The predicted octanol–water partition coefficient (Wildman–Crippen LogP) is 3.86. The molecule has 1 heterocycles. The maximum atomic E-state index is 6.10. The first kappa shape index (κ1) is 15.1. The van der Waals surface area contributed by atoms with E-state index < -0.39 is 0 Å². The fraction of sp³-hybridized carbons (Fsp3) is 0.267. The summed E-state index contributed by atoms with van der Waals surface area (Å²) in [6.45, 7) is 2.94. The number of likely N-dealkylation sites (N-methyl/N-ethyl adjacent to an activating group) is 1. The highest BCUT2D eigenvalue weighted by Gasteiger charge is 2.13. The number of nitrogens with two attached hydrogens (primary N) is 1. The SMILES string of the molecule is CCNC(Cc1ccnc(N)c1)c1ccc(Cl)c(Cl)c1. The standard InChI is InChI=1S/C15H17Cl2N3/c1-2-19-14(7-10-5-6-20-15(18)8-10)11-3-4-12(16)13(17)9-11/h3-6,8-9,14,19H,2,7H2,1H3,(H2,18,20). The number of pyridine rings is 1. The van der Waals surface area contributed by atoms with Crippen LogP contribution >= 0.6 is 23.2 Å². The molecule has 20 heavy (non-hydrogen) atoms. The van der Waals surface area contributed by atoms with Gasteiger partial charge in [-0.05, 0) is 48.4 Å². The van der Waals surface area contributed by atoms with E-state index in [0.717, 1.165) is 24.1 Å². The molecule has 2 rings (SSSR count). The minimum Gasteiger partial charge on any atom is -0.384 e. The van der Waals surface area contributed by atoms with Crippen LogP contribution in [0.5, 0.6) is 0 Å². The van der Waals surface area contributed by atoms with Gasteiger partial charge >= 0.3 is 0 Å². The number of anilines is 1. The Morgan fingerprint density at radius 2 is 2.00 bits per heavy atom. The highest BCUT2D eigenvalue weighted by atomic mass is 35.5. The summed E-state index contributed by atoms with van der Waals surface area (Å²) in [6, 6.07) is 9.75. The van der Waals surface area contributed by atoms with E-state index in [0.29, 0.717) is 15.9 Å². The van der Waals surface area contributed by atoms with Gasteiger partial charge in [-0.25, -0.2) is 4.98 Å². The molecule has 0 amide bonds. The lowest BCUT2D eigenvalue weighted by atomic mass is 9.99. The Bertz CT molecular complexity index is 587. The summed E-state index contributed by atoms with van der Waals surface area (Å²) < 4.78 is 0. The Kier molecular flexibility index (Phi) is 5.24. The quantitative estimate of drug-likeness (QED) is 0.881. The maximum absolute atomic E-state index is 6.10. The zero-order chi connectivity index (χ0) is 14.5. The molecule has 0 radical (unpaired) electrons. The molecule has 2 aromatic rings. The molecule has 1 aromatic carbocycles. The van der Waals surface area contributed by atoms with Gasteiger partial charge in [0.05, 0.1) is 10.0 Å². The van der Waals surface area contributed by atoms with E-state index in [4.69, 9.17) is 28.9 Å². The summed E-state index contributed by atoms with van der Waals surface area (Å²) in [5.74, 6) is 0.534. The van der Waals surface area contributed by atoms with Gasteiger partial charge in [0.25, 0.3) is 0 Å². The lowest BCUT2D eigenvalue weighted by molar-refractivity contribution is 0.550.